The third-order valence-corrected chi connectivity index (χ3v) is 4.70. The van der Waals surface area contributed by atoms with Gasteiger partial charge in [0.25, 0.3) is 5.91 Å². The lowest BCUT2D eigenvalue weighted by molar-refractivity contribution is -0.127. The van der Waals surface area contributed by atoms with Crippen LogP contribution in [-0.4, -0.2) is 56.5 Å². The summed E-state index contributed by atoms with van der Waals surface area (Å²) in [5, 5.41) is 22.0. The molecule has 2 amide bonds. The molecule has 0 aliphatic carbocycles. The second-order valence-electron chi connectivity index (χ2n) is 5.67. The van der Waals surface area contributed by atoms with Gasteiger partial charge in [0.05, 0.1) is 4.88 Å². The summed E-state index contributed by atoms with van der Waals surface area (Å²) in [4.78, 5) is 34.1. The third kappa shape index (κ3) is 4.24. The number of likely N-dealkylation sites (tertiary alicyclic amines) is 1. The smallest absolute Gasteiger partial charge is 0.270 e. The molecule has 25 heavy (non-hydrogen) atoms. The summed E-state index contributed by atoms with van der Waals surface area (Å²) in [5.74, 6) is -0.396. The number of hydrogen-bond donors (Lipinski definition) is 3. The molecule has 3 N–H and O–H groups in total. The minimum Gasteiger partial charge on any atom is -0.499 e. The van der Waals surface area contributed by atoms with Crippen LogP contribution in [0.25, 0.3) is 10.7 Å². The van der Waals surface area contributed by atoms with Crippen molar-refractivity contribution in [2.24, 2.45) is 0 Å². The zero-order valence-electron chi connectivity index (χ0n) is 13.4. The normalized spacial score (nSPS) is 14.1. The van der Waals surface area contributed by atoms with Crippen LogP contribution in [-0.2, 0) is 4.79 Å². The van der Waals surface area contributed by atoms with Crippen LogP contribution in [0, 0.1) is 0 Å². The van der Waals surface area contributed by atoms with Crippen molar-refractivity contribution in [3.63, 3.8) is 0 Å². The lowest BCUT2D eigenvalue weighted by atomic mass is 10.3. The number of carbonyl (C=O) groups excluding carboxylic acids is 2. The number of rotatable bonds is 6. The first-order valence-corrected chi connectivity index (χ1v) is 8.78. The fourth-order valence-corrected chi connectivity index (χ4v) is 3.29. The maximum absolute atomic E-state index is 12.2. The molecule has 3 heterocycles. The van der Waals surface area contributed by atoms with E-state index in [0.29, 0.717) is 30.8 Å². The van der Waals surface area contributed by atoms with Crippen molar-refractivity contribution in [1.82, 2.24) is 20.2 Å². The maximum atomic E-state index is 12.2. The van der Waals surface area contributed by atoms with Crippen LogP contribution in [0.1, 0.15) is 29.8 Å². The van der Waals surface area contributed by atoms with Crippen LogP contribution in [0.5, 0.6) is 10.9 Å². The van der Waals surface area contributed by atoms with Crippen LogP contribution < -0.4 is 5.32 Å². The number of nitrogens with zero attached hydrogens (tertiary/aromatic N) is 3. The summed E-state index contributed by atoms with van der Waals surface area (Å²) in [7, 11) is 0. The lowest BCUT2D eigenvalue weighted by Crippen LogP contribution is -2.31. The Kier molecular flexibility index (Phi) is 5.13. The van der Waals surface area contributed by atoms with Gasteiger partial charge in [-0.1, -0.05) is 11.3 Å². The van der Waals surface area contributed by atoms with E-state index in [1.807, 2.05) is 0 Å². The molecule has 0 radical (unpaired) electrons. The van der Waals surface area contributed by atoms with E-state index in [9.17, 15) is 19.8 Å². The van der Waals surface area contributed by atoms with Gasteiger partial charge in [-0.3, -0.25) is 9.59 Å². The zero-order chi connectivity index (χ0) is 17.8. The predicted octanol–water partition coefficient (Wildman–Crippen LogP) is 1.36. The van der Waals surface area contributed by atoms with Crippen molar-refractivity contribution in [1.29, 1.82) is 0 Å². The first kappa shape index (κ1) is 17.2. The molecule has 1 fully saturated rings. The van der Waals surface area contributed by atoms with E-state index in [-0.39, 0.29) is 28.4 Å². The molecule has 1 aliphatic rings. The summed E-state index contributed by atoms with van der Waals surface area (Å²) in [6.45, 7) is 1.81. The molecule has 0 bridgehead atoms. The maximum Gasteiger partial charge on any atom is 0.270 e. The SMILES string of the molecule is O=C(NCCCN1CCCC1=O)c1cc(O)nc(-c2ccc(O)s2)n1. The summed E-state index contributed by atoms with van der Waals surface area (Å²) in [5.41, 5.74) is 0.0487. The minimum atomic E-state index is -0.424. The first-order valence-electron chi connectivity index (χ1n) is 7.96. The van der Waals surface area contributed by atoms with Crippen molar-refractivity contribution in [2.75, 3.05) is 19.6 Å². The number of carbonyl (C=O) groups is 2. The van der Waals surface area contributed by atoms with E-state index in [0.717, 1.165) is 24.3 Å². The Hall–Kier alpha value is -2.68. The van der Waals surface area contributed by atoms with Crippen molar-refractivity contribution in [2.45, 2.75) is 19.3 Å². The van der Waals surface area contributed by atoms with Gasteiger partial charge in [-0.25, -0.2) is 4.98 Å². The van der Waals surface area contributed by atoms with Crippen molar-refractivity contribution in [3.05, 3.63) is 23.9 Å². The molecule has 0 unspecified atom stereocenters. The van der Waals surface area contributed by atoms with Crippen LogP contribution in [0.4, 0.5) is 0 Å². The van der Waals surface area contributed by atoms with Gasteiger partial charge < -0.3 is 20.4 Å². The summed E-state index contributed by atoms with van der Waals surface area (Å²) < 4.78 is 0. The van der Waals surface area contributed by atoms with Crippen molar-refractivity contribution >= 4 is 23.2 Å². The van der Waals surface area contributed by atoms with Gasteiger partial charge in [0.15, 0.2) is 10.9 Å². The molecule has 0 aromatic carbocycles. The monoisotopic (exact) mass is 362 g/mol. The third-order valence-electron chi connectivity index (χ3n) is 3.82. The second kappa shape index (κ2) is 7.47. The highest BCUT2D eigenvalue weighted by Crippen LogP contribution is 2.30. The van der Waals surface area contributed by atoms with Crippen LogP contribution in [0.3, 0.4) is 0 Å². The molecule has 2 aromatic heterocycles. The Morgan fingerprint density at radius 2 is 2.16 bits per heavy atom. The molecule has 0 spiro atoms. The number of aromatic nitrogens is 2. The topological polar surface area (TPSA) is 116 Å². The molecule has 0 atom stereocenters. The summed E-state index contributed by atoms with van der Waals surface area (Å²) >= 11 is 1.06. The highest BCUT2D eigenvalue weighted by molar-refractivity contribution is 7.17. The standard InChI is InChI=1S/C16H18N4O4S/c21-12-9-10(18-15(19-12)11-4-5-14(23)25-11)16(24)17-6-2-8-20-7-1-3-13(20)22/h4-5,9,23H,1-3,6-8H2,(H,17,24)(H,18,19,21). The first-order chi connectivity index (χ1) is 12.0. The zero-order valence-corrected chi connectivity index (χ0v) is 14.3. The predicted molar refractivity (Wildman–Crippen MR) is 91.4 cm³/mol. The van der Waals surface area contributed by atoms with Gasteiger partial charge in [-0.05, 0) is 25.0 Å². The van der Waals surface area contributed by atoms with E-state index in [2.05, 4.69) is 15.3 Å². The average molecular weight is 362 g/mol. The number of hydrogen-bond acceptors (Lipinski definition) is 7. The molecule has 8 nitrogen and oxygen atoms in total. The molecule has 1 saturated heterocycles. The van der Waals surface area contributed by atoms with E-state index in [1.165, 1.54) is 12.1 Å². The van der Waals surface area contributed by atoms with Crippen LogP contribution in [0.2, 0.25) is 0 Å². The van der Waals surface area contributed by atoms with Crippen molar-refractivity contribution in [3.8, 4) is 21.6 Å². The number of thiophene rings is 1. The molecule has 0 saturated carbocycles. The molecular weight excluding hydrogens is 344 g/mol. The van der Waals surface area contributed by atoms with Gasteiger partial charge in [-0.2, -0.15) is 4.98 Å². The summed E-state index contributed by atoms with van der Waals surface area (Å²) in [6, 6.07) is 4.30. The molecule has 132 valence electrons. The molecule has 1 aliphatic heterocycles. The lowest BCUT2D eigenvalue weighted by Gasteiger charge is -2.15. The van der Waals surface area contributed by atoms with Crippen LogP contribution in [0.15, 0.2) is 18.2 Å². The molecule has 2 aromatic rings. The molecule has 9 heteroatoms. The molecular formula is C16H18N4O4S. The number of nitrogens with one attached hydrogen (secondary N) is 1. The molecule has 3 rings (SSSR count). The van der Waals surface area contributed by atoms with E-state index >= 15 is 0 Å². The Bertz CT molecular complexity index is 792. The van der Waals surface area contributed by atoms with Crippen LogP contribution >= 0.6 is 11.3 Å². The fourth-order valence-electron chi connectivity index (χ4n) is 2.61. The highest BCUT2D eigenvalue weighted by atomic mass is 32.1. The Balaban J connectivity index is 1.58. The van der Waals surface area contributed by atoms with Gasteiger partial charge >= 0.3 is 0 Å². The van der Waals surface area contributed by atoms with Gasteiger partial charge in [0.1, 0.15) is 5.69 Å². The largest absolute Gasteiger partial charge is 0.499 e. The summed E-state index contributed by atoms with van der Waals surface area (Å²) in [6.07, 6.45) is 2.15. The number of aromatic hydroxyl groups is 2. The van der Waals surface area contributed by atoms with Crippen molar-refractivity contribution < 1.29 is 19.8 Å². The quantitative estimate of drug-likeness (QED) is 0.668. The minimum absolute atomic E-state index is 0.0487. The average Bonchev–Trinajstić information content (AvgIpc) is 3.19. The Labute approximate surface area is 148 Å². The van der Waals surface area contributed by atoms with Gasteiger partial charge in [0, 0.05) is 32.1 Å². The van der Waals surface area contributed by atoms with Gasteiger partial charge in [0.2, 0.25) is 11.8 Å². The Morgan fingerprint density at radius 1 is 1.32 bits per heavy atom. The second-order valence-corrected chi connectivity index (χ2v) is 6.73. The number of amides is 2. The van der Waals surface area contributed by atoms with E-state index in [1.54, 1.807) is 11.0 Å². The Morgan fingerprint density at radius 3 is 2.84 bits per heavy atom. The van der Waals surface area contributed by atoms with Gasteiger partial charge in [-0.15, -0.1) is 0 Å². The fraction of sp³-hybridized carbons (Fsp3) is 0.375. The van der Waals surface area contributed by atoms with E-state index in [4.69, 9.17) is 0 Å². The highest BCUT2D eigenvalue weighted by Gasteiger charge is 2.19. The van der Waals surface area contributed by atoms with E-state index < -0.39 is 5.91 Å².